The normalized spacial score (nSPS) is 15.4. The minimum absolute atomic E-state index is 0.0868. The predicted molar refractivity (Wildman–Crippen MR) is 198 cm³/mol. The Morgan fingerprint density at radius 3 is 2.04 bits per heavy atom. The molecule has 1 aliphatic heterocycles. The van der Waals surface area contributed by atoms with E-state index in [0.717, 1.165) is 44.8 Å². The third-order valence-electron chi connectivity index (χ3n) is 9.13. The second-order valence-electron chi connectivity index (χ2n) is 13.0. The Hall–Kier alpha value is -6.04. The Bertz CT molecular complexity index is 2090. The van der Waals surface area contributed by atoms with Crippen LogP contribution in [0.4, 0.5) is 4.79 Å². The molecule has 11 nitrogen and oxygen atoms in total. The number of hydrogen-bond acceptors (Lipinski definition) is 7. The van der Waals surface area contributed by atoms with Crippen molar-refractivity contribution in [3.8, 4) is 33.6 Å². The van der Waals surface area contributed by atoms with E-state index in [2.05, 4.69) is 61.7 Å². The van der Waals surface area contributed by atoms with E-state index >= 15 is 0 Å². The fourth-order valence-corrected chi connectivity index (χ4v) is 6.36. The van der Waals surface area contributed by atoms with Gasteiger partial charge in [-0.15, -0.1) is 0 Å². The van der Waals surface area contributed by atoms with Crippen LogP contribution < -0.4 is 5.32 Å². The molecule has 3 atom stereocenters. The van der Waals surface area contributed by atoms with E-state index in [4.69, 9.17) is 9.47 Å². The number of nitrogens with zero attached hydrogens (tertiary/aromatic N) is 4. The molecule has 0 unspecified atom stereocenters. The highest BCUT2D eigenvalue weighted by Crippen LogP contribution is 2.30. The van der Waals surface area contributed by atoms with E-state index in [1.807, 2.05) is 98.7 Å². The van der Waals surface area contributed by atoms with Crippen molar-refractivity contribution in [1.29, 1.82) is 0 Å². The summed E-state index contributed by atoms with van der Waals surface area (Å²) in [6, 6.07) is 35.1. The zero-order chi connectivity index (χ0) is 36.0. The van der Waals surface area contributed by atoms with Crippen molar-refractivity contribution in [3.63, 3.8) is 0 Å². The second-order valence-corrected chi connectivity index (χ2v) is 13.0. The smallest absolute Gasteiger partial charge is 0.412 e. The SMILES string of the molecule is C[C@H](NC(=O)[C@@H](c1ccccc1)N(C)C)c1ncc(-c2ccc(-c3ccc(-c4cnc([C@@H]5OCCN5C(=O)OCc5ccccc5)[nH]4)cc3)cc2)[nH]1. The summed E-state index contributed by atoms with van der Waals surface area (Å²) in [5, 5.41) is 3.11. The number of ether oxygens (including phenoxy) is 2. The fraction of sp³-hybridized carbons (Fsp3) is 0.220. The molecule has 11 heteroatoms. The van der Waals surface area contributed by atoms with Gasteiger partial charge in [-0.05, 0) is 54.4 Å². The molecule has 4 aromatic carbocycles. The van der Waals surface area contributed by atoms with Gasteiger partial charge in [0.05, 0.1) is 43.0 Å². The number of aromatic amines is 2. The van der Waals surface area contributed by atoms with Gasteiger partial charge in [0.25, 0.3) is 0 Å². The van der Waals surface area contributed by atoms with Crippen molar-refractivity contribution >= 4 is 12.0 Å². The van der Waals surface area contributed by atoms with E-state index in [1.165, 1.54) is 0 Å². The van der Waals surface area contributed by atoms with Gasteiger partial charge in [0.1, 0.15) is 18.5 Å². The lowest BCUT2D eigenvalue weighted by Crippen LogP contribution is -2.38. The topological polar surface area (TPSA) is 128 Å². The van der Waals surface area contributed by atoms with Crippen molar-refractivity contribution < 1.29 is 19.1 Å². The first-order valence-electron chi connectivity index (χ1n) is 17.3. The molecule has 3 N–H and O–H groups in total. The van der Waals surface area contributed by atoms with Gasteiger partial charge in [-0.2, -0.15) is 0 Å². The van der Waals surface area contributed by atoms with Crippen molar-refractivity contribution in [2.24, 2.45) is 0 Å². The summed E-state index contributed by atoms with van der Waals surface area (Å²) in [5.74, 6) is 1.15. The van der Waals surface area contributed by atoms with E-state index in [0.29, 0.717) is 24.8 Å². The Kier molecular flexibility index (Phi) is 10.2. The predicted octanol–water partition coefficient (Wildman–Crippen LogP) is 7.28. The van der Waals surface area contributed by atoms with Crippen molar-refractivity contribution in [1.82, 2.24) is 35.1 Å². The third-order valence-corrected chi connectivity index (χ3v) is 9.13. The van der Waals surface area contributed by atoms with Gasteiger partial charge in [-0.3, -0.25) is 14.6 Å². The minimum atomic E-state index is -0.641. The van der Waals surface area contributed by atoms with Gasteiger partial charge < -0.3 is 24.8 Å². The minimum Gasteiger partial charge on any atom is -0.444 e. The number of amides is 2. The molecule has 7 rings (SSSR count). The molecule has 264 valence electrons. The van der Waals surface area contributed by atoms with Gasteiger partial charge in [-0.1, -0.05) is 109 Å². The fourth-order valence-electron chi connectivity index (χ4n) is 6.36. The number of nitrogens with one attached hydrogen (secondary N) is 3. The summed E-state index contributed by atoms with van der Waals surface area (Å²) >= 11 is 0. The highest BCUT2D eigenvalue weighted by atomic mass is 16.6. The molecule has 2 amide bonds. The maximum absolute atomic E-state index is 13.2. The molecule has 1 fully saturated rings. The van der Waals surface area contributed by atoms with Crippen LogP contribution in [-0.4, -0.2) is 69.0 Å². The van der Waals surface area contributed by atoms with Crippen molar-refractivity contribution in [2.75, 3.05) is 27.2 Å². The molecular formula is C41H41N7O4. The monoisotopic (exact) mass is 695 g/mol. The lowest BCUT2D eigenvalue weighted by atomic mass is 10.0. The van der Waals surface area contributed by atoms with Crippen LogP contribution in [0.2, 0.25) is 0 Å². The van der Waals surface area contributed by atoms with E-state index in [1.54, 1.807) is 17.3 Å². The number of H-pyrrole nitrogens is 2. The standard InChI is InChI=1S/C41H41N7O4/c1-27(44-39(49)36(47(2)3)33-12-8-5-9-13-33)37-42-24-34(45-37)31-18-14-29(15-19-31)30-16-20-32(21-17-30)35-25-43-38(46-35)40-48(22-23-51-40)41(50)52-26-28-10-6-4-7-11-28/h4-21,24-25,27,36,40H,22-23,26H2,1-3H3,(H,42,45)(H,43,46)(H,44,49)/t27-,36+,40-/m0/s1. The summed E-state index contributed by atoms with van der Waals surface area (Å²) in [5.41, 5.74) is 7.64. The summed E-state index contributed by atoms with van der Waals surface area (Å²) in [6.45, 7) is 2.95. The molecule has 1 aliphatic rings. The van der Waals surface area contributed by atoms with Crippen LogP contribution >= 0.6 is 0 Å². The zero-order valence-corrected chi connectivity index (χ0v) is 29.3. The van der Waals surface area contributed by atoms with Crippen LogP contribution in [0.25, 0.3) is 33.6 Å². The molecule has 0 radical (unpaired) electrons. The molecule has 1 saturated heterocycles. The first kappa shape index (κ1) is 34.4. The van der Waals surface area contributed by atoms with Gasteiger partial charge in [0.15, 0.2) is 12.1 Å². The van der Waals surface area contributed by atoms with Crippen LogP contribution in [0.3, 0.4) is 0 Å². The third kappa shape index (κ3) is 7.65. The van der Waals surface area contributed by atoms with Gasteiger partial charge in [0.2, 0.25) is 5.91 Å². The molecule has 0 bridgehead atoms. The Morgan fingerprint density at radius 1 is 0.827 bits per heavy atom. The maximum Gasteiger partial charge on any atom is 0.412 e. The van der Waals surface area contributed by atoms with Gasteiger partial charge in [0, 0.05) is 0 Å². The van der Waals surface area contributed by atoms with E-state index in [9.17, 15) is 9.59 Å². The molecular weight excluding hydrogens is 654 g/mol. The van der Waals surface area contributed by atoms with Crippen LogP contribution in [0.15, 0.2) is 122 Å². The average Bonchev–Trinajstić information content (AvgIpc) is 3.97. The molecule has 3 heterocycles. The average molecular weight is 696 g/mol. The molecule has 52 heavy (non-hydrogen) atoms. The number of hydrogen-bond donors (Lipinski definition) is 3. The quantitative estimate of drug-likeness (QED) is 0.130. The Labute approximate surface area is 302 Å². The first-order valence-corrected chi connectivity index (χ1v) is 17.3. The molecule has 0 aliphatic carbocycles. The highest BCUT2D eigenvalue weighted by molar-refractivity contribution is 5.83. The number of carbonyl (C=O) groups is 2. The van der Waals surface area contributed by atoms with Crippen LogP contribution in [0.1, 0.15) is 48.0 Å². The summed E-state index contributed by atoms with van der Waals surface area (Å²) in [6.07, 6.45) is 2.47. The van der Waals surface area contributed by atoms with Crippen molar-refractivity contribution in [2.45, 2.75) is 31.8 Å². The van der Waals surface area contributed by atoms with Gasteiger partial charge >= 0.3 is 6.09 Å². The number of imidazole rings is 2. The Balaban J connectivity index is 0.965. The van der Waals surface area contributed by atoms with Crippen molar-refractivity contribution in [3.05, 3.63) is 144 Å². The second kappa shape index (κ2) is 15.5. The largest absolute Gasteiger partial charge is 0.444 e. The number of rotatable bonds is 11. The summed E-state index contributed by atoms with van der Waals surface area (Å²) in [7, 11) is 3.80. The molecule has 6 aromatic rings. The van der Waals surface area contributed by atoms with Crippen LogP contribution in [-0.2, 0) is 20.9 Å². The van der Waals surface area contributed by atoms with Crippen LogP contribution in [0, 0.1) is 0 Å². The Morgan fingerprint density at radius 2 is 1.40 bits per heavy atom. The number of carbonyl (C=O) groups excluding carboxylic acids is 2. The zero-order valence-electron chi connectivity index (χ0n) is 29.3. The van der Waals surface area contributed by atoms with Crippen LogP contribution in [0.5, 0.6) is 0 Å². The number of aromatic nitrogens is 4. The first-order chi connectivity index (χ1) is 25.3. The summed E-state index contributed by atoms with van der Waals surface area (Å²) in [4.78, 5) is 45.4. The van der Waals surface area contributed by atoms with E-state index in [-0.39, 0.29) is 18.6 Å². The lowest BCUT2D eigenvalue weighted by Gasteiger charge is -2.25. The number of benzene rings is 4. The highest BCUT2D eigenvalue weighted by Gasteiger charge is 2.34. The molecule has 0 saturated carbocycles. The molecule has 0 spiro atoms. The van der Waals surface area contributed by atoms with Gasteiger partial charge in [-0.25, -0.2) is 14.8 Å². The maximum atomic E-state index is 13.2. The summed E-state index contributed by atoms with van der Waals surface area (Å²) < 4.78 is 11.4. The molecule has 2 aromatic heterocycles. The number of likely N-dealkylation sites (N-methyl/N-ethyl adjacent to an activating group) is 1. The van der Waals surface area contributed by atoms with E-state index < -0.39 is 18.4 Å². The lowest BCUT2D eigenvalue weighted by molar-refractivity contribution is -0.126.